The van der Waals surface area contributed by atoms with Gasteiger partial charge in [0.1, 0.15) is 0 Å². The van der Waals surface area contributed by atoms with E-state index in [0.29, 0.717) is 6.04 Å². The number of nitrogens with zero attached hydrogens (tertiary/aromatic N) is 1. The van der Waals surface area contributed by atoms with Gasteiger partial charge in [-0.15, -0.1) is 0 Å². The molecule has 2 saturated carbocycles. The highest BCUT2D eigenvalue weighted by Crippen LogP contribution is 2.23. The zero-order valence-corrected chi connectivity index (χ0v) is 8.30. The molecule has 2 fully saturated rings. The summed E-state index contributed by atoms with van der Waals surface area (Å²) < 4.78 is 1.37. The van der Waals surface area contributed by atoms with Crippen molar-refractivity contribution in [3.8, 4) is 0 Å². The summed E-state index contributed by atoms with van der Waals surface area (Å²) in [7, 11) is 0. The van der Waals surface area contributed by atoms with Crippen LogP contribution in [0.1, 0.15) is 57.8 Å². The normalized spacial score (nSPS) is 25.1. The van der Waals surface area contributed by atoms with Crippen molar-refractivity contribution in [2.75, 3.05) is 0 Å². The zero-order valence-electron chi connectivity index (χ0n) is 8.30. The van der Waals surface area contributed by atoms with Crippen molar-refractivity contribution in [1.29, 1.82) is 0 Å². The van der Waals surface area contributed by atoms with Gasteiger partial charge in [-0.1, -0.05) is 6.42 Å². The molecular formula is C11H19NO. The van der Waals surface area contributed by atoms with E-state index in [1.165, 1.54) is 42.6 Å². The molecule has 2 nitrogen and oxygen atoms in total. The second kappa shape index (κ2) is 4.12. The summed E-state index contributed by atoms with van der Waals surface area (Å²) in [4.78, 5) is 0. The maximum atomic E-state index is 11.9. The number of hydrogen-bond acceptors (Lipinski definition) is 1. The summed E-state index contributed by atoms with van der Waals surface area (Å²) in [5.74, 6) is 0. The van der Waals surface area contributed by atoms with Crippen molar-refractivity contribution in [2.45, 2.75) is 63.8 Å². The van der Waals surface area contributed by atoms with Gasteiger partial charge in [-0.05, 0) is 25.7 Å². The Morgan fingerprint density at radius 1 is 0.923 bits per heavy atom. The molecule has 2 aliphatic carbocycles. The van der Waals surface area contributed by atoms with Gasteiger partial charge in [0.25, 0.3) is 0 Å². The predicted octanol–water partition coefficient (Wildman–Crippen LogP) is 2.84. The van der Waals surface area contributed by atoms with Crippen LogP contribution in [0.2, 0.25) is 0 Å². The molecule has 0 saturated heterocycles. The van der Waals surface area contributed by atoms with E-state index in [-0.39, 0.29) is 0 Å². The lowest BCUT2D eigenvalue weighted by molar-refractivity contribution is -0.502. The van der Waals surface area contributed by atoms with Crippen LogP contribution < -0.4 is 0 Å². The standard InChI is InChI=1S/C11H19NO/c13-12(11-8-4-5-9-11)10-6-2-1-3-7-10/h11H,1-9H2. The average Bonchev–Trinajstić information content (AvgIpc) is 2.71. The van der Waals surface area contributed by atoms with E-state index < -0.39 is 0 Å². The first kappa shape index (κ1) is 9.04. The van der Waals surface area contributed by atoms with Crippen molar-refractivity contribution < 1.29 is 4.74 Å². The number of hydroxylamine groups is 1. The topological polar surface area (TPSA) is 26.1 Å². The molecule has 0 radical (unpaired) electrons. The molecule has 0 aromatic heterocycles. The monoisotopic (exact) mass is 181 g/mol. The van der Waals surface area contributed by atoms with E-state index in [9.17, 15) is 5.21 Å². The van der Waals surface area contributed by atoms with Gasteiger partial charge in [0.2, 0.25) is 0 Å². The van der Waals surface area contributed by atoms with E-state index in [1.807, 2.05) is 0 Å². The van der Waals surface area contributed by atoms with Crippen molar-refractivity contribution >= 4 is 5.71 Å². The van der Waals surface area contributed by atoms with Gasteiger partial charge < -0.3 is 5.21 Å². The van der Waals surface area contributed by atoms with Crippen LogP contribution in [0.5, 0.6) is 0 Å². The first-order valence-electron chi connectivity index (χ1n) is 5.69. The quantitative estimate of drug-likeness (QED) is 0.347. The molecule has 0 heterocycles. The molecule has 0 aromatic rings. The molecule has 74 valence electrons. The van der Waals surface area contributed by atoms with Crippen molar-refractivity contribution in [1.82, 2.24) is 0 Å². The van der Waals surface area contributed by atoms with Crippen LogP contribution in [0.25, 0.3) is 0 Å². The Kier molecular flexibility index (Phi) is 2.87. The Morgan fingerprint density at radius 2 is 1.54 bits per heavy atom. The fourth-order valence-corrected chi connectivity index (χ4v) is 2.58. The van der Waals surface area contributed by atoms with Crippen molar-refractivity contribution in [2.24, 2.45) is 0 Å². The summed E-state index contributed by atoms with van der Waals surface area (Å²) in [6, 6.07) is 0.341. The van der Waals surface area contributed by atoms with Crippen molar-refractivity contribution in [3.63, 3.8) is 0 Å². The maximum absolute atomic E-state index is 11.9. The highest BCUT2D eigenvalue weighted by Gasteiger charge is 2.25. The molecule has 0 bridgehead atoms. The lowest BCUT2D eigenvalue weighted by Gasteiger charge is -2.18. The van der Waals surface area contributed by atoms with E-state index >= 15 is 0 Å². The largest absolute Gasteiger partial charge is 0.624 e. The fourth-order valence-electron chi connectivity index (χ4n) is 2.58. The first-order valence-corrected chi connectivity index (χ1v) is 5.69. The predicted molar refractivity (Wildman–Crippen MR) is 54.0 cm³/mol. The van der Waals surface area contributed by atoms with E-state index in [0.717, 1.165) is 25.7 Å². The van der Waals surface area contributed by atoms with Crippen LogP contribution in [0.4, 0.5) is 0 Å². The lowest BCUT2D eigenvalue weighted by atomic mass is 9.98. The van der Waals surface area contributed by atoms with Crippen LogP contribution >= 0.6 is 0 Å². The van der Waals surface area contributed by atoms with Crippen LogP contribution in [0, 0.1) is 5.21 Å². The van der Waals surface area contributed by atoms with Gasteiger partial charge in [0.05, 0.1) is 0 Å². The SMILES string of the molecule is [O-][N+](=C1CCCCC1)C1CCCC1. The fraction of sp³-hybridized carbons (Fsp3) is 0.909. The highest BCUT2D eigenvalue weighted by atomic mass is 16.5. The highest BCUT2D eigenvalue weighted by molar-refractivity contribution is 5.80. The minimum absolute atomic E-state index is 0.341. The number of rotatable bonds is 1. The molecule has 2 heteroatoms. The third kappa shape index (κ3) is 2.04. The van der Waals surface area contributed by atoms with E-state index in [1.54, 1.807) is 0 Å². The maximum Gasteiger partial charge on any atom is 0.163 e. The second-order valence-corrected chi connectivity index (χ2v) is 4.39. The van der Waals surface area contributed by atoms with E-state index in [2.05, 4.69) is 0 Å². The van der Waals surface area contributed by atoms with Crippen molar-refractivity contribution in [3.05, 3.63) is 5.21 Å². The van der Waals surface area contributed by atoms with Gasteiger partial charge >= 0.3 is 0 Å². The smallest absolute Gasteiger partial charge is 0.163 e. The summed E-state index contributed by atoms with van der Waals surface area (Å²) in [6.45, 7) is 0. The molecule has 0 N–H and O–H groups in total. The van der Waals surface area contributed by atoms with Gasteiger partial charge in [-0.2, -0.15) is 0 Å². The molecular weight excluding hydrogens is 162 g/mol. The zero-order chi connectivity index (χ0) is 9.10. The summed E-state index contributed by atoms with van der Waals surface area (Å²) >= 11 is 0. The number of hydrogen-bond donors (Lipinski definition) is 0. The Hall–Kier alpha value is -0.530. The van der Waals surface area contributed by atoms with Gasteiger partial charge in [-0.3, -0.25) is 0 Å². The molecule has 0 atom stereocenters. The van der Waals surface area contributed by atoms with Gasteiger partial charge in [0, 0.05) is 25.7 Å². The Bertz CT molecular complexity index is 196. The van der Waals surface area contributed by atoms with E-state index in [4.69, 9.17) is 0 Å². The Balaban J connectivity index is 2.02. The molecule has 0 aromatic carbocycles. The average molecular weight is 181 g/mol. The molecule has 13 heavy (non-hydrogen) atoms. The molecule has 0 amide bonds. The molecule has 0 spiro atoms. The third-order valence-corrected chi connectivity index (χ3v) is 3.40. The summed E-state index contributed by atoms with van der Waals surface area (Å²) in [5.41, 5.74) is 1.19. The third-order valence-electron chi connectivity index (χ3n) is 3.40. The second-order valence-electron chi connectivity index (χ2n) is 4.39. The van der Waals surface area contributed by atoms with Crippen LogP contribution in [-0.4, -0.2) is 16.5 Å². The Morgan fingerprint density at radius 3 is 2.15 bits per heavy atom. The van der Waals surface area contributed by atoms with Gasteiger partial charge in [0.15, 0.2) is 11.8 Å². The minimum Gasteiger partial charge on any atom is -0.624 e. The van der Waals surface area contributed by atoms with Crippen LogP contribution in [-0.2, 0) is 0 Å². The van der Waals surface area contributed by atoms with Crippen LogP contribution in [0.3, 0.4) is 0 Å². The molecule has 2 aliphatic rings. The van der Waals surface area contributed by atoms with Crippen LogP contribution in [0.15, 0.2) is 0 Å². The molecule has 0 aliphatic heterocycles. The van der Waals surface area contributed by atoms with Gasteiger partial charge in [-0.25, -0.2) is 4.74 Å². The Labute approximate surface area is 80.2 Å². The first-order chi connectivity index (χ1) is 6.38. The molecule has 0 unspecified atom stereocenters. The molecule has 2 rings (SSSR count). The minimum atomic E-state index is 0.341. The summed E-state index contributed by atoms with van der Waals surface area (Å²) in [5, 5.41) is 11.9. The lowest BCUT2D eigenvalue weighted by Crippen LogP contribution is -2.26. The summed E-state index contributed by atoms with van der Waals surface area (Å²) in [6.07, 6.45) is 10.7.